The number of halogens is 1. The molecule has 142 valence electrons. The fourth-order valence-electron chi connectivity index (χ4n) is 2.55. The van der Waals surface area contributed by atoms with Crippen LogP contribution >= 0.6 is 0 Å². The third-order valence-electron chi connectivity index (χ3n) is 3.97. The molecule has 1 fully saturated rings. The van der Waals surface area contributed by atoms with Crippen molar-refractivity contribution in [3.05, 3.63) is 30.1 Å². The Labute approximate surface area is 151 Å². The van der Waals surface area contributed by atoms with Crippen LogP contribution in [0.4, 0.5) is 9.18 Å². The van der Waals surface area contributed by atoms with Crippen LogP contribution in [0.25, 0.3) is 0 Å². The molecule has 2 N–H and O–H groups in total. The van der Waals surface area contributed by atoms with Gasteiger partial charge in [-0.05, 0) is 38.8 Å². The molecule has 4 amide bonds. The summed E-state index contributed by atoms with van der Waals surface area (Å²) in [6.45, 7) is 4.19. The van der Waals surface area contributed by atoms with Gasteiger partial charge in [0.25, 0.3) is 5.91 Å². The van der Waals surface area contributed by atoms with Crippen LogP contribution in [0.3, 0.4) is 0 Å². The molecule has 7 nitrogen and oxygen atoms in total. The van der Waals surface area contributed by atoms with E-state index in [1.165, 1.54) is 6.07 Å². The Balaban J connectivity index is 1.58. The maximum Gasteiger partial charge on any atom is 0.325 e. The summed E-state index contributed by atoms with van der Waals surface area (Å²) >= 11 is 0. The Bertz CT molecular complexity index is 678. The number of nitrogens with zero attached hydrogens (tertiary/aromatic N) is 1. The maximum absolute atomic E-state index is 13.3. The second-order valence-corrected chi connectivity index (χ2v) is 6.60. The molecule has 2 rings (SSSR count). The van der Waals surface area contributed by atoms with Crippen LogP contribution in [0.15, 0.2) is 24.3 Å². The number of carbonyl (C=O) groups excluding carboxylic acids is 3. The highest BCUT2D eigenvalue weighted by Gasteiger charge is 2.43. The van der Waals surface area contributed by atoms with Gasteiger partial charge in [-0.25, -0.2) is 9.18 Å². The highest BCUT2D eigenvalue weighted by molar-refractivity contribution is 6.06. The molecule has 1 saturated heterocycles. The Kier molecular flexibility index (Phi) is 6.54. The average Bonchev–Trinajstić information content (AvgIpc) is 2.77. The first-order chi connectivity index (χ1) is 12.3. The summed E-state index contributed by atoms with van der Waals surface area (Å²) in [6.07, 6.45) is 1.15. The van der Waals surface area contributed by atoms with E-state index < -0.39 is 17.4 Å². The summed E-state index contributed by atoms with van der Waals surface area (Å²) in [5.41, 5.74) is -0.891. The molecule has 1 heterocycles. The molecule has 1 aliphatic heterocycles. The van der Waals surface area contributed by atoms with Gasteiger partial charge in [0.2, 0.25) is 5.91 Å². The molecular formula is C18H24FN3O4. The van der Waals surface area contributed by atoms with Gasteiger partial charge < -0.3 is 15.4 Å². The van der Waals surface area contributed by atoms with E-state index in [4.69, 9.17) is 4.74 Å². The maximum atomic E-state index is 13.3. The highest BCUT2D eigenvalue weighted by Crippen LogP contribution is 2.17. The summed E-state index contributed by atoms with van der Waals surface area (Å²) in [5, 5.41) is 5.32. The zero-order valence-corrected chi connectivity index (χ0v) is 15.0. The van der Waals surface area contributed by atoms with E-state index in [2.05, 4.69) is 10.6 Å². The summed E-state index contributed by atoms with van der Waals surface area (Å²) < 4.78 is 18.6. The monoisotopic (exact) mass is 365 g/mol. The fraction of sp³-hybridized carbons (Fsp3) is 0.500. The van der Waals surface area contributed by atoms with Gasteiger partial charge in [-0.1, -0.05) is 12.1 Å². The number of benzene rings is 1. The molecule has 0 spiro atoms. The Morgan fingerprint density at radius 2 is 2.00 bits per heavy atom. The molecule has 0 unspecified atom stereocenters. The molecule has 0 saturated carbocycles. The number of carbonyl (C=O) groups is 3. The van der Waals surface area contributed by atoms with E-state index >= 15 is 0 Å². The second-order valence-electron chi connectivity index (χ2n) is 6.60. The van der Waals surface area contributed by atoms with Crippen molar-refractivity contribution in [1.29, 1.82) is 0 Å². The third-order valence-corrected chi connectivity index (χ3v) is 3.97. The number of imide groups is 1. The first-order valence-corrected chi connectivity index (χ1v) is 8.59. The van der Waals surface area contributed by atoms with Crippen LogP contribution in [0.5, 0.6) is 5.75 Å². The lowest BCUT2D eigenvalue weighted by atomic mass is 10.1. The number of urea groups is 1. The van der Waals surface area contributed by atoms with Crippen LogP contribution in [0.1, 0.15) is 33.1 Å². The normalized spacial score (nSPS) is 15.7. The molecule has 1 aliphatic rings. The lowest BCUT2D eigenvalue weighted by molar-refractivity contribution is -0.130. The van der Waals surface area contributed by atoms with E-state index in [-0.39, 0.29) is 30.5 Å². The smallest absolute Gasteiger partial charge is 0.325 e. The number of nitrogens with one attached hydrogen (secondary N) is 2. The van der Waals surface area contributed by atoms with E-state index in [0.29, 0.717) is 26.0 Å². The van der Waals surface area contributed by atoms with Crippen molar-refractivity contribution in [2.24, 2.45) is 0 Å². The lowest BCUT2D eigenvalue weighted by Gasteiger charge is -2.15. The van der Waals surface area contributed by atoms with Crippen molar-refractivity contribution in [3.8, 4) is 5.75 Å². The van der Waals surface area contributed by atoms with E-state index in [0.717, 1.165) is 4.90 Å². The van der Waals surface area contributed by atoms with Gasteiger partial charge in [0.05, 0.1) is 6.61 Å². The van der Waals surface area contributed by atoms with E-state index in [1.807, 2.05) is 0 Å². The van der Waals surface area contributed by atoms with E-state index in [9.17, 15) is 18.8 Å². The summed E-state index contributed by atoms with van der Waals surface area (Å²) in [4.78, 5) is 36.6. The van der Waals surface area contributed by atoms with Gasteiger partial charge in [0.1, 0.15) is 5.54 Å². The molecule has 0 radical (unpaired) electrons. The average molecular weight is 365 g/mol. The molecule has 8 heteroatoms. The Morgan fingerprint density at radius 1 is 1.27 bits per heavy atom. The molecule has 26 heavy (non-hydrogen) atoms. The molecule has 0 atom stereocenters. The van der Waals surface area contributed by atoms with Crippen molar-refractivity contribution in [3.63, 3.8) is 0 Å². The third kappa shape index (κ3) is 5.18. The van der Waals surface area contributed by atoms with Crippen LogP contribution in [-0.4, -0.2) is 48.0 Å². The molecule has 1 aromatic carbocycles. The summed E-state index contributed by atoms with van der Waals surface area (Å²) in [7, 11) is 0. The summed E-state index contributed by atoms with van der Waals surface area (Å²) in [5.74, 6) is -0.675. The lowest BCUT2D eigenvalue weighted by Crippen LogP contribution is -2.40. The van der Waals surface area contributed by atoms with Gasteiger partial charge >= 0.3 is 6.03 Å². The Morgan fingerprint density at radius 3 is 2.65 bits per heavy atom. The fourth-order valence-corrected chi connectivity index (χ4v) is 2.55. The first kappa shape index (κ1) is 19.7. The minimum absolute atomic E-state index is 0.165. The molecule has 1 aromatic rings. The standard InChI is InChI=1S/C18H24FN3O4/c1-18(2)16(24)22(17(25)21-18)11-5-9-15(23)20-10-6-12-26-14-8-4-3-7-13(14)19/h3-4,7-8H,5-6,9-12H2,1-2H3,(H,20,23)(H,21,25). The topological polar surface area (TPSA) is 87.7 Å². The minimum atomic E-state index is -0.891. The zero-order chi connectivity index (χ0) is 19.2. The molecule has 0 aromatic heterocycles. The van der Waals surface area contributed by atoms with Crippen molar-refractivity contribution < 1.29 is 23.5 Å². The van der Waals surface area contributed by atoms with Gasteiger partial charge in [0.15, 0.2) is 11.6 Å². The number of hydrogen-bond donors (Lipinski definition) is 2. The minimum Gasteiger partial charge on any atom is -0.490 e. The molecule has 0 bridgehead atoms. The van der Waals surface area contributed by atoms with Crippen LogP contribution < -0.4 is 15.4 Å². The molecule has 0 aliphatic carbocycles. The van der Waals surface area contributed by atoms with Crippen molar-refractivity contribution >= 4 is 17.8 Å². The first-order valence-electron chi connectivity index (χ1n) is 8.59. The van der Waals surface area contributed by atoms with Crippen molar-refractivity contribution in [2.45, 2.75) is 38.6 Å². The van der Waals surface area contributed by atoms with Gasteiger partial charge in [-0.2, -0.15) is 0 Å². The van der Waals surface area contributed by atoms with Crippen molar-refractivity contribution in [1.82, 2.24) is 15.5 Å². The van der Waals surface area contributed by atoms with Crippen LogP contribution in [-0.2, 0) is 9.59 Å². The number of rotatable bonds is 9. The second kappa shape index (κ2) is 8.64. The molecular weight excluding hydrogens is 341 g/mol. The number of amides is 4. The number of ether oxygens (including phenoxy) is 1. The Hall–Kier alpha value is -2.64. The quantitative estimate of drug-likeness (QED) is 0.516. The van der Waals surface area contributed by atoms with Gasteiger partial charge in [-0.15, -0.1) is 0 Å². The summed E-state index contributed by atoms with van der Waals surface area (Å²) in [6, 6.07) is 5.72. The van der Waals surface area contributed by atoms with Gasteiger partial charge in [0, 0.05) is 19.5 Å². The van der Waals surface area contributed by atoms with Crippen molar-refractivity contribution in [2.75, 3.05) is 19.7 Å². The highest BCUT2D eigenvalue weighted by atomic mass is 19.1. The number of para-hydroxylation sites is 1. The van der Waals surface area contributed by atoms with Crippen LogP contribution in [0.2, 0.25) is 0 Å². The predicted octanol–water partition coefficient (Wildman–Crippen LogP) is 1.82. The zero-order valence-electron chi connectivity index (χ0n) is 15.0. The van der Waals surface area contributed by atoms with E-state index in [1.54, 1.807) is 32.0 Å². The largest absolute Gasteiger partial charge is 0.490 e. The number of hydrogen-bond acceptors (Lipinski definition) is 4. The van der Waals surface area contributed by atoms with Gasteiger partial charge in [-0.3, -0.25) is 14.5 Å². The predicted molar refractivity (Wildman–Crippen MR) is 93.1 cm³/mol. The SMILES string of the molecule is CC1(C)NC(=O)N(CCCC(=O)NCCCOc2ccccc2F)C1=O. The van der Waals surface area contributed by atoms with Crippen LogP contribution in [0, 0.1) is 5.82 Å².